The van der Waals surface area contributed by atoms with E-state index in [2.05, 4.69) is 4.98 Å². The normalized spacial score (nSPS) is 10.8. The quantitative estimate of drug-likeness (QED) is 0.855. The number of carboxylic acid groups (broad SMARTS) is 1. The molecule has 0 bridgehead atoms. The molecule has 0 amide bonds. The van der Waals surface area contributed by atoms with Gasteiger partial charge in [0, 0.05) is 11.5 Å². The van der Waals surface area contributed by atoms with Crippen LogP contribution in [-0.2, 0) is 11.4 Å². The van der Waals surface area contributed by atoms with Crippen LogP contribution in [0.15, 0.2) is 35.2 Å². The maximum atomic E-state index is 13.7. The summed E-state index contributed by atoms with van der Waals surface area (Å²) in [6.07, 6.45) is 2.26. The van der Waals surface area contributed by atoms with Gasteiger partial charge in [-0.3, -0.25) is 0 Å². The second-order valence-electron chi connectivity index (χ2n) is 3.63. The molecule has 6 heteroatoms. The van der Waals surface area contributed by atoms with Crippen LogP contribution in [-0.4, -0.2) is 16.1 Å². The Bertz CT molecular complexity index is 596. The molecule has 1 heterocycles. The van der Waals surface area contributed by atoms with Gasteiger partial charge in [-0.15, -0.1) is 11.3 Å². The average Bonchev–Trinajstić information content (AvgIpc) is 2.88. The van der Waals surface area contributed by atoms with Crippen LogP contribution in [0, 0.1) is 5.82 Å². The number of rotatable bonds is 5. The van der Waals surface area contributed by atoms with Gasteiger partial charge in [-0.05, 0) is 23.8 Å². The third-order valence-electron chi connectivity index (χ3n) is 2.23. The first-order valence-corrected chi connectivity index (χ1v) is 6.30. The van der Waals surface area contributed by atoms with E-state index in [1.54, 1.807) is 11.6 Å². The molecule has 0 aliphatic carbocycles. The molecule has 0 aliphatic heterocycles. The summed E-state index contributed by atoms with van der Waals surface area (Å²) in [5, 5.41) is 10.3. The van der Waals surface area contributed by atoms with Crippen molar-refractivity contribution in [3.8, 4) is 5.75 Å². The van der Waals surface area contributed by atoms with Gasteiger partial charge in [-0.1, -0.05) is 6.07 Å². The molecule has 2 aromatic rings. The maximum absolute atomic E-state index is 13.7. The smallest absolute Gasteiger partial charge is 0.328 e. The topological polar surface area (TPSA) is 59.4 Å². The van der Waals surface area contributed by atoms with Crippen LogP contribution >= 0.6 is 11.3 Å². The van der Waals surface area contributed by atoms with Gasteiger partial charge in [-0.2, -0.15) is 0 Å². The van der Waals surface area contributed by atoms with Crippen LogP contribution in [0.4, 0.5) is 4.39 Å². The highest BCUT2D eigenvalue weighted by atomic mass is 32.1. The predicted octanol–water partition coefficient (Wildman–Crippen LogP) is 2.96. The van der Waals surface area contributed by atoms with Crippen LogP contribution in [0.1, 0.15) is 11.3 Å². The van der Waals surface area contributed by atoms with E-state index in [0.29, 0.717) is 5.56 Å². The van der Waals surface area contributed by atoms with Crippen molar-refractivity contribution >= 4 is 23.4 Å². The molecule has 0 unspecified atom stereocenters. The molecular weight excluding hydrogens is 269 g/mol. The fourth-order valence-electron chi connectivity index (χ4n) is 1.37. The predicted molar refractivity (Wildman–Crippen MR) is 69.5 cm³/mol. The Labute approximate surface area is 112 Å². The lowest BCUT2D eigenvalue weighted by Gasteiger charge is -2.06. The minimum Gasteiger partial charge on any atom is -0.484 e. The fourth-order valence-corrected chi connectivity index (χ4v) is 1.91. The molecule has 98 valence electrons. The maximum Gasteiger partial charge on any atom is 0.328 e. The Morgan fingerprint density at radius 3 is 3.00 bits per heavy atom. The number of halogens is 1. The van der Waals surface area contributed by atoms with Crippen LogP contribution in [0.5, 0.6) is 5.75 Å². The van der Waals surface area contributed by atoms with E-state index in [4.69, 9.17) is 9.84 Å². The Balaban J connectivity index is 2.04. The van der Waals surface area contributed by atoms with Crippen LogP contribution in [0.25, 0.3) is 6.08 Å². The van der Waals surface area contributed by atoms with E-state index in [1.165, 1.54) is 29.5 Å². The molecule has 4 nitrogen and oxygen atoms in total. The zero-order valence-corrected chi connectivity index (χ0v) is 10.6. The molecule has 1 aromatic heterocycles. The molecule has 1 N–H and O–H groups in total. The molecule has 19 heavy (non-hydrogen) atoms. The molecule has 2 rings (SSSR count). The molecule has 1 aromatic carbocycles. The fraction of sp³-hybridized carbons (Fsp3) is 0.0769. The molecule has 0 saturated carbocycles. The third kappa shape index (κ3) is 3.89. The van der Waals surface area contributed by atoms with Crippen LogP contribution in [0.2, 0.25) is 0 Å². The summed E-state index contributed by atoms with van der Waals surface area (Å²) < 4.78 is 19.0. The lowest BCUT2D eigenvalue weighted by molar-refractivity contribution is -0.131. The molecule has 0 spiro atoms. The summed E-state index contributed by atoms with van der Waals surface area (Å²) in [6.45, 7) is 0.199. The Morgan fingerprint density at radius 2 is 2.37 bits per heavy atom. The Kier molecular flexibility index (Phi) is 4.25. The van der Waals surface area contributed by atoms with Crippen molar-refractivity contribution in [2.24, 2.45) is 0 Å². The number of benzene rings is 1. The molecule has 0 radical (unpaired) electrons. The van der Waals surface area contributed by atoms with Crippen molar-refractivity contribution < 1.29 is 19.0 Å². The number of ether oxygens (including phenoxy) is 1. The zero-order chi connectivity index (χ0) is 13.7. The number of nitrogens with zero attached hydrogens (tertiary/aromatic N) is 1. The second-order valence-corrected chi connectivity index (χ2v) is 4.35. The molecule has 0 atom stereocenters. The molecular formula is C13H10FNO3S. The van der Waals surface area contributed by atoms with Crippen molar-refractivity contribution in [3.63, 3.8) is 0 Å². The highest BCUT2D eigenvalue weighted by Gasteiger charge is 2.05. The largest absolute Gasteiger partial charge is 0.484 e. The Hall–Kier alpha value is -2.21. The van der Waals surface area contributed by atoms with Gasteiger partial charge >= 0.3 is 5.97 Å². The summed E-state index contributed by atoms with van der Waals surface area (Å²) in [5.74, 6) is -1.51. The summed E-state index contributed by atoms with van der Waals surface area (Å²) in [7, 11) is 0. The number of carbonyl (C=O) groups is 1. The van der Waals surface area contributed by atoms with Crippen LogP contribution in [0.3, 0.4) is 0 Å². The summed E-state index contributed by atoms with van der Waals surface area (Å²) in [6, 6.07) is 4.26. The molecule has 0 aliphatic rings. The highest BCUT2D eigenvalue weighted by molar-refractivity contribution is 7.07. The number of aliphatic carboxylic acids is 1. The van der Waals surface area contributed by atoms with Gasteiger partial charge in [0.1, 0.15) is 6.61 Å². The molecule has 0 fully saturated rings. The van der Waals surface area contributed by atoms with E-state index < -0.39 is 11.8 Å². The van der Waals surface area contributed by atoms with E-state index in [-0.39, 0.29) is 12.4 Å². The Morgan fingerprint density at radius 1 is 1.53 bits per heavy atom. The average molecular weight is 279 g/mol. The van der Waals surface area contributed by atoms with E-state index in [0.717, 1.165) is 11.8 Å². The van der Waals surface area contributed by atoms with E-state index in [1.807, 2.05) is 5.38 Å². The van der Waals surface area contributed by atoms with E-state index in [9.17, 15) is 9.18 Å². The summed E-state index contributed by atoms with van der Waals surface area (Å²) in [4.78, 5) is 14.4. The van der Waals surface area contributed by atoms with Gasteiger partial charge in [-0.25, -0.2) is 14.2 Å². The second kappa shape index (κ2) is 6.10. The minimum atomic E-state index is -1.08. The van der Waals surface area contributed by atoms with Gasteiger partial charge in [0.2, 0.25) is 0 Å². The lowest BCUT2D eigenvalue weighted by atomic mass is 10.2. The van der Waals surface area contributed by atoms with Gasteiger partial charge in [0.25, 0.3) is 0 Å². The number of thiazole rings is 1. The van der Waals surface area contributed by atoms with Crippen molar-refractivity contribution in [1.82, 2.24) is 4.98 Å². The molecule has 0 saturated heterocycles. The van der Waals surface area contributed by atoms with Gasteiger partial charge < -0.3 is 9.84 Å². The van der Waals surface area contributed by atoms with Crippen molar-refractivity contribution in [3.05, 3.63) is 52.2 Å². The van der Waals surface area contributed by atoms with Crippen LogP contribution < -0.4 is 4.74 Å². The lowest BCUT2D eigenvalue weighted by Crippen LogP contribution is -1.97. The highest BCUT2D eigenvalue weighted by Crippen LogP contribution is 2.20. The van der Waals surface area contributed by atoms with Gasteiger partial charge in [0.15, 0.2) is 11.6 Å². The summed E-state index contributed by atoms with van der Waals surface area (Å²) in [5.41, 5.74) is 2.87. The van der Waals surface area contributed by atoms with Crippen molar-refractivity contribution in [1.29, 1.82) is 0 Å². The number of hydrogen-bond acceptors (Lipinski definition) is 4. The first-order valence-electron chi connectivity index (χ1n) is 5.35. The SMILES string of the molecule is O=C(O)/C=C/c1ccc(OCc2cscn2)c(F)c1. The van der Waals surface area contributed by atoms with Gasteiger partial charge in [0.05, 0.1) is 11.2 Å². The summed E-state index contributed by atoms with van der Waals surface area (Å²) >= 11 is 1.44. The zero-order valence-electron chi connectivity index (χ0n) is 9.75. The number of hydrogen-bond donors (Lipinski definition) is 1. The van der Waals surface area contributed by atoms with Crippen molar-refractivity contribution in [2.45, 2.75) is 6.61 Å². The number of aromatic nitrogens is 1. The minimum absolute atomic E-state index is 0.112. The first kappa shape index (κ1) is 13.2. The first-order chi connectivity index (χ1) is 9.15. The van der Waals surface area contributed by atoms with E-state index >= 15 is 0 Å². The van der Waals surface area contributed by atoms with Crippen molar-refractivity contribution in [2.75, 3.05) is 0 Å². The monoisotopic (exact) mass is 279 g/mol. The number of carboxylic acids is 1. The standard InChI is InChI=1S/C13H10FNO3S/c14-11-5-9(2-4-13(16)17)1-3-12(11)18-6-10-7-19-8-15-10/h1-5,7-8H,6H2,(H,16,17)/b4-2+. The third-order valence-corrected chi connectivity index (χ3v) is 2.87.